The zero-order chi connectivity index (χ0) is 21.7. The lowest BCUT2D eigenvalue weighted by Gasteiger charge is -2.32. The molecule has 1 amide bonds. The van der Waals surface area contributed by atoms with E-state index in [0.29, 0.717) is 37.1 Å². The van der Waals surface area contributed by atoms with Crippen molar-refractivity contribution in [2.75, 3.05) is 30.5 Å². The number of carbonyl (C=O) groups excluding carboxylic acids is 1. The van der Waals surface area contributed by atoms with Crippen LogP contribution in [-0.2, 0) is 14.8 Å². The lowest BCUT2D eigenvalue weighted by atomic mass is 9.99. The van der Waals surface area contributed by atoms with Gasteiger partial charge in [0.15, 0.2) is 0 Å². The smallest absolute Gasteiger partial charge is 0.264 e. The summed E-state index contributed by atoms with van der Waals surface area (Å²) >= 11 is 0. The van der Waals surface area contributed by atoms with Crippen LogP contribution in [0, 0.1) is 11.7 Å². The Morgan fingerprint density at radius 2 is 1.70 bits per heavy atom. The molecule has 1 saturated heterocycles. The van der Waals surface area contributed by atoms with Crippen molar-refractivity contribution < 1.29 is 22.3 Å². The van der Waals surface area contributed by atoms with Crippen molar-refractivity contribution >= 4 is 21.6 Å². The SMILES string of the molecule is CCOc1ccc(N(CC(=O)N2CCC(C)CC2)S(=O)(=O)c2ccc(F)cc2)cc1. The first-order chi connectivity index (χ1) is 14.3. The van der Waals surface area contributed by atoms with Crippen LogP contribution in [0.25, 0.3) is 0 Å². The summed E-state index contributed by atoms with van der Waals surface area (Å²) in [6.07, 6.45) is 1.80. The number of ether oxygens (including phenoxy) is 1. The maximum atomic E-state index is 13.3. The Hall–Kier alpha value is -2.61. The molecule has 0 aromatic heterocycles. The number of piperidine rings is 1. The van der Waals surface area contributed by atoms with Gasteiger partial charge in [0.2, 0.25) is 5.91 Å². The van der Waals surface area contributed by atoms with Crippen molar-refractivity contribution in [3.63, 3.8) is 0 Å². The van der Waals surface area contributed by atoms with E-state index in [-0.39, 0.29) is 17.3 Å². The van der Waals surface area contributed by atoms with Crippen molar-refractivity contribution in [3.8, 4) is 5.75 Å². The molecule has 2 aromatic rings. The molecule has 0 atom stereocenters. The van der Waals surface area contributed by atoms with Crippen LogP contribution in [0.5, 0.6) is 5.75 Å². The van der Waals surface area contributed by atoms with Crippen molar-refractivity contribution in [3.05, 3.63) is 54.3 Å². The topological polar surface area (TPSA) is 66.9 Å². The second-order valence-corrected chi connectivity index (χ2v) is 9.32. The van der Waals surface area contributed by atoms with E-state index < -0.39 is 15.8 Å². The highest BCUT2D eigenvalue weighted by Crippen LogP contribution is 2.27. The Bertz CT molecular complexity index is 954. The van der Waals surface area contributed by atoms with Crippen molar-refractivity contribution in [1.82, 2.24) is 4.90 Å². The maximum Gasteiger partial charge on any atom is 0.264 e. The van der Waals surface area contributed by atoms with Crippen LogP contribution >= 0.6 is 0 Å². The summed E-state index contributed by atoms with van der Waals surface area (Å²) in [7, 11) is -4.06. The number of likely N-dealkylation sites (tertiary alicyclic amines) is 1. The molecule has 1 aliphatic rings. The molecule has 0 N–H and O–H groups in total. The first-order valence-electron chi connectivity index (χ1n) is 10.1. The second-order valence-electron chi connectivity index (χ2n) is 7.46. The minimum atomic E-state index is -4.06. The van der Waals surface area contributed by atoms with Gasteiger partial charge in [0.25, 0.3) is 10.0 Å². The molecule has 30 heavy (non-hydrogen) atoms. The van der Waals surface area contributed by atoms with E-state index in [1.807, 2.05) is 6.92 Å². The number of nitrogens with zero attached hydrogens (tertiary/aromatic N) is 2. The summed E-state index contributed by atoms with van der Waals surface area (Å²) in [5.74, 6) is 0.387. The number of amides is 1. The Kier molecular flexibility index (Phi) is 6.97. The second kappa shape index (κ2) is 9.47. The highest BCUT2D eigenvalue weighted by molar-refractivity contribution is 7.92. The number of benzene rings is 2. The van der Waals surface area contributed by atoms with E-state index in [4.69, 9.17) is 4.74 Å². The van der Waals surface area contributed by atoms with Gasteiger partial charge in [-0.3, -0.25) is 9.10 Å². The van der Waals surface area contributed by atoms with Crippen molar-refractivity contribution in [2.45, 2.75) is 31.6 Å². The van der Waals surface area contributed by atoms with Gasteiger partial charge in [0, 0.05) is 13.1 Å². The largest absolute Gasteiger partial charge is 0.494 e. The molecular weight excluding hydrogens is 407 g/mol. The third-order valence-electron chi connectivity index (χ3n) is 5.25. The average molecular weight is 435 g/mol. The van der Waals surface area contributed by atoms with Gasteiger partial charge in [0.05, 0.1) is 17.2 Å². The summed E-state index contributed by atoms with van der Waals surface area (Å²) in [6.45, 7) is 5.41. The van der Waals surface area contributed by atoms with E-state index in [1.54, 1.807) is 29.2 Å². The Balaban J connectivity index is 1.91. The third kappa shape index (κ3) is 5.11. The molecule has 0 saturated carbocycles. The summed E-state index contributed by atoms with van der Waals surface area (Å²) < 4.78 is 46.5. The van der Waals surface area contributed by atoms with Gasteiger partial charge < -0.3 is 9.64 Å². The van der Waals surface area contributed by atoms with Gasteiger partial charge in [0.1, 0.15) is 18.1 Å². The lowest BCUT2D eigenvalue weighted by Crippen LogP contribution is -2.45. The van der Waals surface area contributed by atoms with Crippen molar-refractivity contribution in [2.24, 2.45) is 5.92 Å². The number of sulfonamides is 1. The standard InChI is InChI=1S/C22H27FN2O4S/c1-3-29-20-8-6-19(7-9-20)25(16-22(26)24-14-12-17(2)13-15-24)30(27,28)21-10-4-18(23)5-11-21/h4-11,17H,3,12-16H2,1-2H3. The monoisotopic (exact) mass is 434 g/mol. The van der Waals surface area contributed by atoms with E-state index in [0.717, 1.165) is 29.3 Å². The molecule has 0 spiro atoms. The van der Waals surface area contributed by atoms with Crippen molar-refractivity contribution in [1.29, 1.82) is 0 Å². The Morgan fingerprint density at radius 3 is 2.27 bits per heavy atom. The molecule has 6 nitrogen and oxygen atoms in total. The highest BCUT2D eigenvalue weighted by Gasteiger charge is 2.30. The first-order valence-corrected chi connectivity index (χ1v) is 11.5. The first kappa shape index (κ1) is 22.1. The quantitative estimate of drug-likeness (QED) is 0.667. The van der Waals surface area contributed by atoms with Gasteiger partial charge >= 0.3 is 0 Å². The van der Waals surface area contributed by atoms with Crippen LogP contribution in [0.4, 0.5) is 10.1 Å². The van der Waals surface area contributed by atoms with E-state index in [9.17, 15) is 17.6 Å². The van der Waals surface area contributed by atoms with Gasteiger partial charge in [-0.25, -0.2) is 12.8 Å². The summed E-state index contributed by atoms with van der Waals surface area (Å²) in [5, 5.41) is 0. The van der Waals surface area contributed by atoms with Gasteiger partial charge in [-0.15, -0.1) is 0 Å². The normalized spacial score (nSPS) is 15.1. The predicted octanol–water partition coefficient (Wildman–Crippen LogP) is 3.68. The van der Waals surface area contributed by atoms with Crippen LogP contribution < -0.4 is 9.04 Å². The van der Waals surface area contributed by atoms with Gasteiger partial charge in [-0.2, -0.15) is 0 Å². The molecule has 3 rings (SSSR count). The van der Waals surface area contributed by atoms with E-state index in [1.165, 1.54) is 12.1 Å². The fourth-order valence-corrected chi connectivity index (χ4v) is 4.82. The fraction of sp³-hybridized carbons (Fsp3) is 0.409. The number of carbonyl (C=O) groups is 1. The molecule has 1 fully saturated rings. The lowest BCUT2D eigenvalue weighted by molar-refractivity contribution is -0.130. The highest BCUT2D eigenvalue weighted by atomic mass is 32.2. The van der Waals surface area contributed by atoms with Gasteiger partial charge in [-0.1, -0.05) is 6.92 Å². The number of halogens is 1. The molecule has 2 aromatic carbocycles. The van der Waals surface area contributed by atoms with E-state index >= 15 is 0 Å². The maximum absolute atomic E-state index is 13.3. The minimum absolute atomic E-state index is 0.0714. The summed E-state index contributed by atoms with van der Waals surface area (Å²) in [5.41, 5.74) is 0.349. The molecule has 8 heteroatoms. The van der Waals surface area contributed by atoms with Crippen LogP contribution in [0.15, 0.2) is 53.4 Å². The van der Waals surface area contributed by atoms with E-state index in [2.05, 4.69) is 6.92 Å². The predicted molar refractivity (Wildman–Crippen MR) is 114 cm³/mol. The Labute approximate surface area is 177 Å². The molecule has 162 valence electrons. The summed E-state index contributed by atoms with van der Waals surface area (Å²) in [6, 6.07) is 11.2. The average Bonchev–Trinajstić information content (AvgIpc) is 2.73. The Morgan fingerprint density at radius 1 is 1.10 bits per heavy atom. The minimum Gasteiger partial charge on any atom is -0.494 e. The number of hydrogen-bond donors (Lipinski definition) is 0. The van der Waals surface area contributed by atoms with Gasteiger partial charge in [-0.05, 0) is 74.2 Å². The van der Waals surface area contributed by atoms with Crippen LogP contribution in [0.1, 0.15) is 26.7 Å². The zero-order valence-electron chi connectivity index (χ0n) is 17.3. The molecule has 1 aliphatic heterocycles. The molecule has 0 unspecified atom stereocenters. The number of rotatable bonds is 7. The molecule has 0 radical (unpaired) electrons. The zero-order valence-corrected chi connectivity index (χ0v) is 18.1. The fourth-order valence-electron chi connectivity index (χ4n) is 3.40. The molecule has 0 aliphatic carbocycles. The van der Waals surface area contributed by atoms with Crippen LogP contribution in [-0.4, -0.2) is 45.5 Å². The van der Waals surface area contributed by atoms with Crippen LogP contribution in [0.2, 0.25) is 0 Å². The molecule has 1 heterocycles. The number of anilines is 1. The third-order valence-corrected chi connectivity index (χ3v) is 7.04. The molecular formula is C22H27FN2O4S. The van der Waals surface area contributed by atoms with Crippen LogP contribution in [0.3, 0.4) is 0 Å². The number of hydrogen-bond acceptors (Lipinski definition) is 4. The summed E-state index contributed by atoms with van der Waals surface area (Å²) in [4.78, 5) is 14.6. The molecule has 0 bridgehead atoms.